The molecule has 0 aromatic heterocycles. The van der Waals surface area contributed by atoms with Crippen LogP contribution in [0.5, 0.6) is 0 Å². The quantitative estimate of drug-likeness (QED) is 0.468. The Morgan fingerprint density at radius 2 is 2.00 bits per heavy atom. The van der Waals surface area contributed by atoms with Crippen LogP contribution in [0.15, 0.2) is 35.3 Å². The summed E-state index contributed by atoms with van der Waals surface area (Å²) in [5.41, 5.74) is 1.45. The molecular weight excluding hydrogens is 324 g/mol. The van der Waals surface area contributed by atoms with Crippen LogP contribution >= 0.6 is 0 Å². The Kier molecular flexibility index (Phi) is 6.53. The number of likely N-dealkylation sites (tertiary alicyclic amines) is 1. The molecule has 26 heavy (non-hydrogen) atoms. The molecule has 2 aliphatic rings. The average molecular weight is 357 g/mol. The Hall–Kier alpha value is -2.04. The fraction of sp³-hybridized carbons (Fsp3) is 0.619. The molecule has 1 aliphatic carbocycles. The van der Waals surface area contributed by atoms with E-state index in [1.807, 2.05) is 7.05 Å². The van der Waals surface area contributed by atoms with Crippen LogP contribution in [-0.4, -0.2) is 49.5 Å². The Morgan fingerprint density at radius 1 is 1.23 bits per heavy atom. The summed E-state index contributed by atoms with van der Waals surface area (Å²) in [5, 5.41) is 6.47. The van der Waals surface area contributed by atoms with E-state index in [0.717, 1.165) is 51.3 Å². The van der Waals surface area contributed by atoms with Crippen molar-refractivity contribution in [3.8, 4) is 0 Å². The van der Waals surface area contributed by atoms with E-state index in [-0.39, 0.29) is 5.91 Å². The summed E-state index contributed by atoms with van der Waals surface area (Å²) in [4.78, 5) is 18.5. The molecule has 1 heterocycles. The third-order valence-corrected chi connectivity index (χ3v) is 5.45. The number of carbonyl (C=O) groups excluding carboxylic acids is 1. The number of hydrogen-bond donors (Lipinski definition) is 2. The van der Waals surface area contributed by atoms with Gasteiger partial charge in [-0.05, 0) is 43.1 Å². The molecule has 2 N–H and O–H groups in total. The first-order valence-electron chi connectivity index (χ1n) is 9.97. The van der Waals surface area contributed by atoms with Crippen molar-refractivity contribution in [2.24, 2.45) is 10.9 Å². The molecule has 1 aromatic carbocycles. The number of guanidine groups is 1. The number of nitrogens with zero attached hydrogens (tertiary/aromatic N) is 2. The highest BCUT2D eigenvalue weighted by Gasteiger charge is 2.28. The first-order chi connectivity index (χ1) is 12.7. The molecule has 2 unspecified atom stereocenters. The lowest BCUT2D eigenvalue weighted by Gasteiger charge is -2.39. The maximum absolute atomic E-state index is 11.7. The molecule has 5 nitrogen and oxygen atoms in total. The monoisotopic (exact) mass is 356 g/mol. The first-order valence-corrected chi connectivity index (χ1v) is 9.97. The maximum Gasteiger partial charge on any atom is 0.220 e. The normalized spacial score (nSPS) is 23.6. The molecule has 3 rings (SSSR count). The molecule has 5 heteroatoms. The summed E-state index contributed by atoms with van der Waals surface area (Å²) in [5.74, 6) is 2.36. The van der Waals surface area contributed by atoms with E-state index < -0.39 is 0 Å². The smallest absolute Gasteiger partial charge is 0.220 e. The molecule has 142 valence electrons. The molecular formula is C21H32N4O. The zero-order valence-electron chi connectivity index (χ0n) is 16.1. The van der Waals surface area contributed by atoms with Gasteiger partial charge in [0.05, 0.1) is 0 Å². The lowest BCUT2D eigenvalue weighted by Crippen LogP contribution is -2.48. The van der Waals surface area contributed by atoms with Crippen LogP contribution in [0.4, 0.5) is 0 Å². The van der Waals surface area contributed by atoms with Gasteiger partial charge in [0.15, 0.2) is 5.96 Å². The summed E-state index contributed by atoms with van der Waals surface area (Å²) >= 11 is 0. The van der Waals surface area contributed by atoms with Crippen molar-refractivity contribution < 1.29 is 4.79 Å². The van der Waals surface area contributed by atoms with Gasteiger partial charge in [0.25, 0.3) is 0 Å². The molecule has 1 aromatic rings. The first kappa shape index (κ1) is 18.7. The second-order valence-electron chi connectivity index (χ2n) is 7.65. The van der Waals surface area contributed by atoms with E-state index in [9.17, 15) is 4.79 Å². The predicted molar refractivity (Wildman–Crippen MR) is 106 cm³/mol. The van der Waals surface area contributed by atoms with Crippen LogP contribution in [0.25, 0.3) is 0 Å². The number of aliphatic imine (C=N–C) groups is 1. The van der Waals surface area contributed by atoms with Gasteiger partial charge in [-0.25, -0.2) is 0 Å². The largest absolute Gasteiger partial charge is 0.356 e. The third-order valence-electron chi connectivity index (χ3n) is 5.45. The second-order valence-corrected chi connectivity index (χ2v) is 7.65. The fourth-order valence-corrected chi connectivity index (χ4v) is 3.84. The average Bonchev–Trinajstić information content (AvgIpc) is 3.46. The van der Waals surface area contributed by atoms with Gasteiger partial charge in [0, 0.05) is 39.1 Å². The number of carbonyl (C=O) groups is 1. The van der Waals surface area contributed by atoms with E-state index >= 15 is 0 Å². The van der Waals surface area contributed by atoms with Crippen molar-refractivity contribution in [1.82, 2.24) is 15.5 Å². The van der Waals surface area contributed by atoms with Crippen LogP contribution in [0, 0.1) is 5.92 Å². The van der Waals surface area contributed by atoms with Gasteiger partial charge < -0.3 is 15.5 Å². The Bertz CT molecular complexity index is 612. The second kappa shape index (κ2) is 9.06. The van der Waals surface area contributed by atoms with Gasteiger partial charge in [-0.2, -0.15) is 0 Å². The van der Waals surface area contributed by atoms with Gasteiger partial charge >= 0.3 is 0 Å². The zero-order valence-corrected chi connectivity index (χ0v) is 16.1. The van der Waals surface area contributed by atoms with Crippen LogP contribution in [-0.2, 0) is 4.79 Å². The molecule has 1 saturated carbocycles. The summed E-state index contributed by atoms with van der Waals surface area (Å²) in [6.07, 6.45) is 4.87. The highest BCUT2D eigenvalue weighted by Crippen LogP contribution is 2.32. The van der Waals surface area contributed by atoms with Crippen LogP contribution < -0.4 is 10.6 Å². The Labute approximate surface area is 157 Å². The summed E-state index contributed by atoms with van der Waals surface area (Å²) < 4.78 is 0. The molecule has 0 bridgehead atoms. The number of nitrogens with one attached hydrogen (secondary N) is 2. The molecule has 0 spiro atoms. The molecule has 1 saturated heterocycles. The lowest BCUT2D eigenvalue weighted by molar-refractivity contribution is -0.121. The third kappa shape index (κ3) is 5.23. The van der Waals surface area contributed by atoms with Crippen molar-refractivity contribution in [3.05, 3.63) is 35.9 Å². The van der Waals surface area contributed by atoms with Crippen LogP contribution in [0.3, 0.4) is 0 Å². The number of benzene rings is 1. The van der Waals surface area contributed by atoms with Crippen molar-refractivity contribution in [2.45, 2.75) is 51.0 Å². The van der Waals surface area contributed by atoms with Crippen molar-refractivity contribution in [1.29, 1.82) is 0 Å². The van der Waals surface area contributed by atoms with E-state index in [1.54, 1.807) is 0 Å². The van der Waals surface area contributed by atoms with Crippen LogP contribution in [0.1, 0.15) is 50.5 Å². The standard InChI is InChI=1S/C21H32N4O/c1-16-15-25(14-12-19(16)17-7-4-3-5-8-17)21(22-2)23-13-6-9-20(26)24-18-10-11-18/h3-5,7-8,16,18-19H,6,9-15H2,1-2H3,(H,22,23)(H,24,26). The fourth-order valence-electron chi connectivity index (χ4n) is 3.84. The molecule has 2 fully saturated rings. The van der Waals surface area contributed by atoms with E-state index in [0.29, 0.717) is 24.3 Å². The minimum Gasteiger partial charge on any atom is -0.356 e. The summed E-state index contributed by atoms with van der Waals surface area (Å²) in [7, 11) is 1.84. The minimum atomic E-state index is 0.182. The Balaban J connectivity index is 1.42. The maximum atomic E-state index is 11.7. The number of hydrogen-bond acceptors (Lipinski definition) is 2. The van der Waals surface area contributed by atoms with E-state index in [4.69, 9.17) is 0 Å². The molecule has 0 radical (unpaired) electrons. The van der Waals surface area contributed by atoms with E-state index in [1.165, 1.54) is 5.56 Å². The lowest BCUT2D eigenvalue weighted by atomic mass is 9.82. The van der Waals surface area contributed by atoms with Gasteiger partial charge in [0.2, 0.25) is 5.91 Å². The molecule has 2 atom stereocenters. The number of piperidine rings is 1. The SMILES string of the molecule is CN=C(NCCCC(=O)NC1CC1)N1CCC(c2ccccc2)C(C)C1. The zero-order chi connectivity index (χ0) is 18.4. The Morgan fingerprint density at radius 3 is 2.65 bits per heavy atom. The molecule has 1 aliphatic heterocycles. The number of amides is 1. The van der Waals surface area contributed by atoms with Crippen molar-refractivity contribution >= 4 is 11.9 Å². The van der Waals surface area contributed by atoms with Crippen LogP contribution in [0.2, 0.25) is 0 Å². The van der Waals surface area contributed by atoms with Gasteiger partial charge in [-0.15, -0.1) is 0 Å². The highest BCUT2D eigenvalue weighted by molar-refractivity contribution is 5.80. The summed E-state index contributed by atoms with van der Waals surface area (Å²) in [6.45, 7) is 5.16. The number of rotatable bonds is 6. The topological polar surface area (TPSA) is 56.7 Å². The minimum absolute atomic E-state index is 0.182. The van der Waals surface area contributed by atoms with Crippen molar-refractivity contribution in [2.75, 3.05) is 26.7 Å². The predicted octanol–water partition coefficient (Wildman–Crippen LogP) is 2.75. The summed E-state index contributed by atoms with van der Waals surface area (Å²) in [6, 6.07) is 11.3. The van der Waals surface area contributed by atoms with Gasteiger partial charge in [0.1, 0.15) is 0 Å². The van der Waals surface area contributed by atoms with Crippen molar-refractivity contribution in [3.63, 3.8) is 0 Å². The van der Waals surface area contributed by atoms with Gasteiger partial charge in [-0.3, -0.25) is 9.79 Å². The van der Waals surface area contributed by atoms with E-state index in [2.05, 4.69) is 57.8 Å². The molecule has 1 amide bonds. The highest BCUT2D eigenvalue weighted by atomic mass is 16.1. The van der Waals surface area contributed by atoms with Gasteiger partial charge in [-0.1, -0.05) is 37.3 Å².